The molecule has 1 aromatic carbocycles. The number of methoxy groups -OCH3 is 1. The Morgan fingerprint density at radius 2 is 2.26 bits per heavy atom. The molecule has 1 N–H and O–H groups in total. The quantitative estimate of drug-likeness (QED) is 0.919. The number of rotatable bonds is 3. The Labute approximate surface area is 112 Å². The molecule has 0 spiro atoms. The second-order valence-corrected chi connectivity index (χ2v) is 5.23. The van der Waals surface area contributed by atoms with Crippen molar-refractivity contribution in [1.29, 1.82) is 0 Å². The molecule has 2 heterocycles. The lowest BCUT2D eigenvalue weighted by molar-refractivity contribution is 0.185. The monoisotopic (exact) mass is 258 g/mol. The van der Waals surface area contributed by atoms with E-state index in [1.54, 1.807) is 7.11 Å². The second-order valence-electron chi connectivity index (χ2n) is 5.23. The first-order valence-electron chi connectivity index (χ1n) is 6.49. The minimum Gasteiger partial charge on any atom is -0.497 e. The Morgan fingerprint density at radius 3 is 3.00 bits per heavy atom. The zero-order valence-corrected chi connectivity index (χ0v) is 11.3. The van der Waals surface area contributed by atoms with Crippen molar-refractivity contribution in [2.75, 3.05) is 25.6 Å². The van der Waals surface area contributed by atoms with Crippen LogP contribution in [-0.4, -0.2) is 30.8 Å². The first-order valence-corrected chi connectivity index (χ1v) is 6.49. The zero-order chi connectivity index (χ0) is 13.3. The summed E-state index contributed by atoms with van der Waals surface area (Å²) in [4.78, 5) is 4.46. The molecule has 1 aromatic heterocycles. The van der Waals surface area contributed by atoms with Crippen LogP contribution >= 0.6 is 0 Å². The van der Waals surface area contributed by atoms with E-state index in [4.69, 9.17) is 9.47 Å². The van der Waals surface area contributed by atoms with Crippen LogP contribution < -0.4 is 10.1 Å². The van der Waals surface area contributed by atoms with Gasteiger partial charge in [-0.1, -0.05) is 0 Å². The fourth-order valence-corrected chi connectivity index (χ4v) is 2.43. The summed E-state index contributed by atoms with van der Waals surface area (Å²) in [6.07, 6.45) is 2.82. The summed E-state index contributed by atoms with van der Waals surface area (Å²) in [5.74, 6) is 1.77. The van der Waals surface area contributed by atoms with Crippen LogP contribution in [0.5, 0.6) is 5.75 Å². The van der Waals surface area contributed by atoms with E-state index in [1.165, 1.54) is 0 Å². The van der Waals surface area contributed by atoms with Gasteiger partial charge in [-0.05, 0) is 43.0 Å². The number of benzene rings is 1. The van der Waals surface area contributed by atoms with E-state index in [-0.39, 0.29) is 5.54 Å². The molecule has 1 saturated heterocycles. The first kappa shape index (κ1) is 12.2. The number of hydrogen-bond donors (Lipinski definition) is 1. The molecule has 4 nitrogen and oxygen atoms in total. The maximum Gasteiger partial charge on any atom is 0.134 e. The lowest BCUT2D eigenvalue weighted by Crippen LogP contribution is -2.35. The largest absolute Gasteiger partial charge is 0.497 e. The van der Waals surface area contributed by atoms with Gasteiger partial charge in [0.1, 0.15) is 11.6 Å². The predicted octanol–water partition coefficient (Wildman–Crippen LogP) is 2.83. The van der Waals surface area contributed by atoms with Crippen molar-refractivity contribution in [3.05, 3.63) is 30.5 Å². The summed E-state index contributed by atoms with van der Waals surface area (Å²) in [7, 11) is 1.68. The third-order valence-electron chi connectivity index (χ3n) is 3.61. The molecule has 0 amide bonds. The van der Waals surface area contributed by atoms with Crippen LogP contribution in [0.4, 0.5) is 5.82 Å². The predicted molar refractivity (Wildman–Crippen MR) is 75.8 cm³/mol. The molecule has 4 heteroatoms. The molecule has 0 radical (unpaired) electrons. The third kappa shape index (κ3) is 2.36. The molecule has 0 aliphatic carbocycles. The van der Waals surface area contributed by atoms with Gasteiger partial charge in [-0.3, -0.25) is 0 Å². The van der Waals surface area contributed by atoms with Gasteiger partial charge in [-0.2, -0.15) is 0 Å². The molecule has 1 aliphatic heterocycles. The van der Waals surface area contributed by atoms with Gasteiger partial charge in [-0.15, -0.1) is 0 Å². The second kappa shape index (κ2) is 4.70. The van der Waals surface area contributed by atoms with E-state index >= 15 is 0 Å². The fourth-order valence-electron chi connectivity index (χ4n) is 2.43. The van der Waals surface area contributed by atoms with Gasteiger partial charge in [0, 0.05) is 18.2 Å². The fraction of sp³-hybridized carbons (Fsp3) is 0.400. The number of hydrogen-bond acceptors (Lipinski definition) is 4. The topological polar surface area (TPSA) is 43.4 Å². The minimum atomic E-state index is -0.0266. The Hall–Kier alpha value is -1.81. The molecule has 2 aromatic rings. The normalized spacial score (nSPS) is 22.6. The SMILES string of the molecule is COc1ccc2c(NC3(C)CCOC3)nccc2c1. The average Bonchev–Trinajstić information content (AvgIpc) is 2.85. The summed E-state index contributed by atoms with van der Waals surface area (Å²) >= 11 is 0. The van der Waals surface area contributed by atoms with Crippen molar-refractivity contribution < 1.29 is 9.47 Å². The minimum absolute atomic E-state index is 0.0266. The van der Waals surface area contributed by atoms with Crippen molar-refractivity contribution in [2.24, 2.45) is 0 Å². The number of aromatic nitrogens is 1. The van der Waals surface area contributed by atoms with E-state index in [9.17, 15) is 0 Å². The third-order valence-corrected chi connectivity index (χ3v) is 3.61. The molecule has 1 fully saturated rings. The van der Waals surface area contributed by atoms with E-state index < -0.39 is 0 Å². The van der Waals surface area contributed by atoms with E-state index in [0.717, 1.165) is 42.0 Å². The van der Waals surface area contributed by atoms with Crippen LogP contribution in [0, 0.1) is 0 Å². The molecular weight excluding hydrogens is 240 g/mol. The van der Waals surface area contributed by atoms with Gasteiger partial charge >= 0.3 is 0 Å². The van der Waals surface area contributed by atoms with Crippen molar-refractivity contribution in [2.45, 2.75) is 18.9 Å². The lowest BCUT2D eigenvalue weighted by atomic mass is 10.0. The van der Waals surface area contributed by atoms with Crippen LogP contribution in [0.2, 0.25) is 0 Å². The highest BCUT2D eigenvalue weighted by atomic mass is 16.5. The van der Waals surface area contributed by atoms with Gasteiger partial charge < -0.3 is 14.8 Å². The molecular formula is C15H18N2O2. The van der Waals surface area contributed by atoms with Crippen LogP contribution in [0.15, 0.2) is 30.5 Å². The van der Waals surface area contributed by atoms with E-state index in [1.807, 2.05) is 30.5 Å². The van der Waals surface area contributed by atoms with Crippen molar-refractivity contribution in [3.8, 4) is 5.75 Å². The number of fused-ring (bicyclic) bond motifs is 1. The van der Waals surface area contributed by atoms with E-state index in [0.29, 0.717) is 0 Å². The summed E-state index contributed by atoms with van der Waals surface area (Å²) in [5, 5.41) is 5.75. The van der Waals surface area contributed by atoms with Crippen molar-refractivity contribution >= 4 is 16.6 Å². The highest BCUT2D eigenvalue weighted by molar-refractivity contribution is 5.92. The Balaban J connectivity index is 1.99. The smallest absolute Gasteiger partial charge is 0.134 e. The van der Waals surface area contributed by atoms with Gasteiger partial charge in [0.15, 0.2) is 0 Å². The Bertz CT molecular complexity index is 592. The highest BCUT2D eigenvalue weighted by Crippen LogP contribution is 2.29. The summed E-state index contributed by atoms with van der Waals surface area (Å²) in [6, 6.07) is 8.03. The van der Waals surface area contributed by atoms with Crippen LogP contribution in [0.1, 0.15) is 13.3 Å². The van der Waals surface area contributed by atoms with E-state index in [2.05, 4.69) is 17.2 Å². The van der Waals surface area contributed by atoms with Crippen LogP contribution in [0.3, 0.4) is 0 Å². The Morgan fingerprint density at radius 1 is 1.37 bits per heavy atom. The summed E-state index contributed by atoms with van der Waals surface area (Å²) in [6.45, 7) is 3.70. The van der Waals surface area contributed by atoms with Crippen LogP contribution in [0.25, 0.3) is 10.8 Å². The molecule has 19 heavy (non-hydrogen) atoms. The molecule has 3 rings (SSSR count). The maximum absolute atomic E-state index is 5.47. The average molecular weight is 258 g/mol. The van der Waals surface area contributed by atoms with Crippen molar-refractivity contribution in [1.82, 2.24) is 4.98 Å². The molecule has 0 saturated carbocycles. The zero-order valence-electron chi connectivity index (χ0n) is 11.3. The van der Waals surface area contributed by atoms with Gasteiger partial charge in [0.25, 0.3) is 0 Å². The number of ether oxygens (including phenoxy) is 2. The number of pyridine rings is 1. The van der Waals surface area contributed by atoms with Crippen molar-refractivity contribution in [3.63, 3.8) is 0 Å². The summed E-state index contributed by atoms with van der Waals surface area (Å²) in [5.41, 5.74) is -0.0266. The first-order chi connectivity index (χ1) is 9.20. The van der Waals surface area contributed by atoms with Gasteiger partial charge in [0.05, 0.1) is 19.3 Å². The molecule has 1 atom stereocenters. The lowest BCUT2D eigenvalue weighted by Gasteiger charge is -2.25. The Kier molecular flexibility index (Phi) is 3.03. The maximum atomic E-state index is 5.47. The molecule has 1 unspecified atom stereocenters. The number of nitrogens with zero attached hydrogens (tertiary/aromatic N) is 1. The van der Waals surface area contributed by atoms with Gasteiger partial charge in [-0.25, -0.2) is 4.98 Å². The molecule has 1 aliphatic rings. The highest BCUT2D eigenvalue weighted by Gasteiger charge is 2.30. The van der Waals surface area contributed by atoms with Gasteiger partial charge in [0.2, 0.25) is 0 Å². The summed E-state index contributed by atoms with van der Waals surface area (Å²) < 4.78 is 10.7. The number of anilines is 1. The molecule has 0 bridgehead atoms. The molecule has 100 valence electrons. The van der Waals surface area contributed by atoms with Crippen LogP contribution in [-0.2, 0) is 4.74 Å². The number of nitrogens with one attached hydrogen (secondary N) is 1. The standard InChI is InChI=1S/C15H18N2O2/c1-15(6-8-19-10-15)17-14-13-4-3-12(18-2)9-11(13)5-7-16-14/h3-5,7,9H,6,8,10H2,1-2H3,(H,16,17).